The van der Waals surface area contributed by atoms with Gasteiger partial charge >= 0.3 is 0 Å². The largest absolute Gasteiger partial charge is 0.372 e. The van der Waals surface area contributed by atoms with Crippen molar-refractivity contribution in [2.75, 3.05) is 18.0 Å². The molecule has 1 aromatic rings. The minimum atomic E-state index is 1.10. The minimum absolute atomic E-state index is 1.10. The highest BCUT2D eigenvalue weighted by Gasteiger charge is 2.01. The summed E-state index contributed by atoms with van der Waals surface area (Å²) in [6.45, 7) is 12.9. The molecule has 1 heteroatoms. The standard InChI is InChI=1S/C13H21N.C2H6/c1-4-6-11-14(5-2)13-9-7-12(3)8-10-13;1-2/h7-10H,4-6,11H2,1-3H3;1-2H3. The van der Waals surface area contributed by atoms with Gasteiger partial charge in [-0.3, -0.25) is 0 Å². The summed E-state index contributed by atoms with van der Waals surface area (Å²) in [6.07, 6.45) is 2.55. The molecule has 0 heterocycles. The predicted octanol–water partition coefficient (Wildman–Crippen LogP) is 4.65. The zero-order chi connectivity index (χ0) is 12.4. The van der Waals surface area contributed by atoms with E-state index in [2.05, 4.69) is 49.9 Å². The molecular formula is C15H27N. The van der Waals surface area contributed by atoms with Gasteiger partial charge in [0.1, 0.15) is 0 Å². The Morgan fingerprint density at radius 1 is 1.00 bits per heavy atom. The number of unbranched alkanes of at least 4 members (excludes halogenated alkanes) is 1. The van der Waals surface area contributed by atoms with E-state index in [-0.39, 0.29) is 0 Å². The summed E-state index contributed by atoms with van der Waals surface area (Å²) in [6, 6.07) is 8.80. The van der Waals surface area contributed by atoms with Gasteiger partial charge in [-0.1, -0.05) is 44.9 Å². The van der Waals surface area contributed by atoms with Crippen molar-refractivity contribution in [3.63, 3.8) is 0 Å². The zero-order valence-electron chi connectivity index (χ0n) is 11.6. The minimum Gasteiger partial charge on any atom is -0.372 e. The third-order valence-electron chi connectivity index (χ3n) is 2.56. The second kappa shape index (κ2) is 9.26. The Balaban J connectivity index is 0.00000106. The maximum Gasteiger partial charge on any atom is 0.0366 e. The lowest BCUT2D eigenvalue weighted by Crippen LogP contribution is -2.23. The summed E-state index contributed by atoms with van der Waals surface area (Å²) >= 11 is 0. The third-order valence-corrected chi connectivity index (χ3v) is 2.56. The molecule has 0 aromatic heterocycles. The smallest absolute Gasteiger partial charge is 0.0366 e. The van der Waals surface area contributed by atoms with Crippen LogP contribution in [-0.4, -0.2) is 13.1 Å². The van der Waals surface area contributed by atoms with Gasteiger partial charge < -0.3 is 4.90 Å². The van der Waals surface area contributed by atoms with Gasteiger partial charge in [0.2, 0.25) is 0 Å². The molecule has 0 spiro atoms. The van der Waals surface area contributed by atoms with Crippen molar-refractivity contribution in [2.45, 2.75) is 47.5 Å². The van der Waals surface area contributed by atoms with E-state index in [9.17, 15) is 0 Å². The van der Waals surface area contributed by atoms with Gasteiger partial charge in [0.05, 0.1) is 0 Å². The van der Waals surface area contributed by atoms with E-state index < -0.39 is 0 Å². The average molecular weight is 221 g/mol. The summed E-state index contributed by atoms with van der Waals surface area (Å²) in [5.74, 6) is 0. The van der Waals surface area contributed by atoms with Crippen molar-refractivity contribution >= 4 is 5.69 Å². The Morgan fingerprint density at radius 2 is 1.56 bits per heavy atom. The van der Waals surface area contributed by atoms with E-state index in [1.807, 2.05) is 13.8 Å². The molecule has 0 bridgehead atoms. The summed E-state index contributed by atoms with van der Waals surface area (Å²) in [4.78, 5) is 2.43. The van der Waals surface area contributed by atoms with Gasteiger partial charge in [-0.2, -0.15) is 0 Å². The molecule has 0 aliphatic heterocycles. The Kier molecular flexibility index (Phi) is 8.69. The quantitative estimate of drug-likeness (QED) is 0.699. The molecule has 0 fully saturated rings. The van der Waals surface area contributed by atoms with Crippen LogP contribution in [0.25, 0.3) is 0 Å². The molecule has 0 saturated carbocycles. The number of hydrogen-bond donors (Lipinski definition) is 0. The highest BCUT2D eigenvalue weighted by atomic mass is 15.1. The molecular weight excluding hydrogens is 194 g/mol. The first-order valence-corrected chi connectivity index (χ1v) is 6.59. The first kappa shape index (κ1) is 15.0. The van der Waals surface area contributed by atoms with Crippen molar-refractivity contribution in [3.8, 4) is 0 Å². The molecule has 0 amide bonds. The summed E-state index contributed by atoms with van der Waals surface area (Å²) in [5.41, 5.74) is 2.69. The van der Waals surface area contributed by atoms with Gasteiger partial charge in [-0.15, -0.1) is 0 Å². The molecule has 0 unspecified atom stereocenters. The Labute approximate surface area is 101 Å². The maximum atomic E-state index is 2.43. The van der Waals surface area contributed by atoms with Crippen molar-refractivity contribution in [2.24, 2.45) is 0 Å². The second-order valence-electron chi connectivity index (χ2n) is 3.77. The Bertz CT molecular complexity index is 251. The summed E-state index contributed by atoms with van der Waals surface area (Å²) < 4.78 is 0. The van der Waals surface area contributed by atoms with Crippen molar-refractivity contribution in [1.82, 2.24) is 0 Å². The number of rotatable bonds is 5. The normalized spacial score (nSPS) is 9.31. The van der Waals surface area contributed by atoms with E-state index >= 15 is 0 Å². The van der Waals surface area contributed by atoms with Crippen LogP contribution < -0.4 is 4.90 Å². The first-order chi connectivity index (χ1) is 7.77. The van der Waals surface area contributed by atoms with Gasteiger partial charge in [-0.25, -0.2) is 0 Å². The van der Waals surface area contributed by atoms with Gasteiger partial charge in [0, 0.05) is 18.8 Å². The molecule has 0 aliphatic rings. The van der Waals surface area contributed by atoms with Crippen molar-refractivity contribution in [3.05, 3.63) is 29.8 Å². The fraction of sp³-hybridized carbons (Fsp3) is 0.600. The van der Waals surface area contributed by atoms with Crippen LogP contribution in [0.15, 0.2) is 24.3 Å². The molecule has 0 radical (unpaired) electrons. The monoisotopic (exact) mass is 221 g/mol. The Morgan fingerprint density at radius 3 is 2.00 bits per heavy atom. The van der Waals surface area contributed by atoms with E-state index in [0.717, 1.165) is 6.54 Å². The molecule has 92 valence electrons. The van der Waals surface area contributed by atoms with E-state index in [1.165, 1.54) is 30.6 Å². The van der Waals surface area contributed by atoms with Crippen LogP contribution >= 0.6 is 0 Å². The number of anilines is 1. The number of nitrogens with zero attached hydrogens (tertiary/aromatic N) is 1. The van der Waals surface area contributed by atoms with Crippen molar-refractivity contribution in [1.29, 1.82) is 0 Å². The third kappa shape index (κ3) is 5.20. The highest BCUT2D eigenvalue weighted by molar-refractivity contribution is 5.47. The van der Waals surface area contributed by atoms with Crippen molar-refractivity contribution < 1.29 is 0 Å². The summed E-state index contributed by atoms with van der Waals surface area (Å²) in [5, 5.41) is 0. The van der Waals surface area contributed by atoms with Gasteiger partial charge in [0.15, 0.2) is 0 Å². The van der Waals surface area contributed by atoms with E-state index in [4.69, 9.17) is 0 Å². The van der Waals surface area contributed by atoms with Crippen LogP contribution in [0.1, 0.15) is 46.1 Å². The van der Waals surface area contributed by atoms with Crippen LogP contribution in [0.4, 0.5) is 5.69 Å². The number of hydrogen-bond acceptors (Lipinski definition) is 1. The van der Waals surface area contributed by atoms with E-state index in [1.54, 1.807) is 0 Å². The lowest BCUT2D eigenvalue weighted by Gasteiger charge is -2.22. The lowest BCUT2D eigenvalue weighted by molar-refractivity contribution is 0.732. The molecule has 1 nitrogen and oxygen atoms in total. The molecule has 0 aliphatic carbocycles. The van der Waals surface area contributed by atoms with Crippen LogP contribution in [-0.2, 0) is 0 Å². The SMILES string of the molecule is CC.CCCCN(CC)c1ccc(C)cc1. The summed E-state index contributed by atoms with van der Waals surface area (Å²) in [7, 11) is 0. The predicted molar refractivity (Wildman–Crippen MR) is 75.3 cm³/mol. The van der Waals surface area contributed by atoms with E-state index in [0.29, 0.717) is 0 Å². The number of aryl methyl sites for hydroxylation is 1. The molecule has 0 saturated heterocycles. The lowest BCUT2D eigenvalue weighted by atomic mass is 10.2. The zero-order valence-corrected chi connectivity index (χ0v) is 11.6. The van der Waals surface area contributed by atoms with Crippen LogP contribution in [0.5, 0.6) is 0 Å². The molecule has 0 atom stereocenters. The molecule has 1 rings (SSSR count). The van der Waals surface area contributed by atoms with Gasteiger partial charge in [-0.05, 0) is 32.4 Å². The second-order valence-corrected chi connectivity index (χ2v) is 3.77. The fourth-order valence-corrected chi connectivity index (χ4v) is 1.57. The fourth-order valence-electron chi connectivity index (χ4n) is 1.57. The van der Waals surface area contributed by atoms with Crippen LogP contribution in [0, 0.1) is 6.92 Å². The average Bonchev–Trinajstić information content (AvgIpc) is 2.35. The van der Waals surface area contributed by atoms with Gasteiger partial charge in [0.25, 0.3) is 0 Å². The molecule has 1 aromatic carbocycles. The molecule has 0 N–H and O–H groups in total. The molecule has 16 heavy (non-hydrogen) atoms. The Hall–Kier alpha value is -0.980. The number of benzene rings is 1. The van der Waals surface area contributed by atoms with Crippen LogP contribution in [0.3, 0.4) is 0 Å². The highest BCUT2D eigenvalue weighted by Crippen LogP contribution is 2.15. The van der Waals surface area contributed by atoms with Crippen LogP contribution in [0.2, 0.25) is 0 Å². The maximum absolute atomic E-state index is 2.43. The first-order valence-electron chi connectivity index (χ1n) is 6.59. The topological polar surface area (TPSA) is 3.24 Å².